The van der Waals surface area contributed by atoms with Crippen LogP contribution in [0.2, 0.25) is 0 Å². The lowest BCUT2D eigenvalue weighted by Crippen LogP contribution is -2.44. The van der Waals surface area contributed by atoms with Crippen LogP contribution in [-0.2, 0) is 16.8 Å². The molecule has 2 aromatic carbocycles. The molecule has 0 aliphatic rings. The number of guanidine groups is 1. The lowest BCUT2D eigenvalue weighted by Gasteiger charge is -2.26. The zero-order valence-corrected chi connectivity index (χ0v) is 19.2. The van der Waals surface area contributed by atoms with Crippen molar-refractivity contribution in [3.05, 3.63) is 71.8 Å². The number of carbonyl (C=O) groups excluding carboxylic acids is 1. The van der Waals surface area contributed by atoms with Crippen molar-refractivity contribution < 1.29 is 4.79 Å². The lowest BCUT2D eigenvalue weighted by molar-refractivity contribution is -0.121. The van der Waals surface area contributed by atoms with E-state index in [4.69, 9.17) is 0 Å². The minimum atomic E-state index is -0.0219. The van der Waals surface area contributed by atoms with E-state index in [0.29, 0.717) is 25.5 Å². The number of amides is 1. The van der Waals surface area contributed by atoms with Crippen molar-refractivity contribution >= 4 is 35.8 Å². The predicted molar refractivity (Wildman–Crippen MR) is 127 cm³/mol. The standard InChI is InChI=1S/C22H30N4O.HI/c1-22(2,19-12-8-5-9-13-19)17-26-21(23-3)24-15-14-20(27)25-16-18-10-6-4-7-11-18;/h4-13H,14-17H2,1-3H3,(H,25,27)(H2,23,24,26);1H. The summed E-state index contributed by atoms with van der Waals surface area (Å²) in [4.78, 5) is 16.2. The number of benzene rings is 2. The van der Waals surface area contributed by atoms with Crippen LogP contribution in [0.1, 0.15) is 31.4 Å². The normalized spacial score (nSPS) is 11.3. The number of hydrogen-bond donors (Lipinski definition) is 3. The molecule has 2 aromatic rings. The van der Waals surface area contributed by atoms with Crippen LogP contribution in [-0.4, -0.2) is 32.0 Å². The molecule has 0 spiro atoms. The highest BCUT2D eigenvalue weighted by atomic mass is 127. The summed E-state index contributed by atoms with van der Waals surface area (Å²) < 4.78 is 0. The number of aliphatic imine (C=N–C) groups is 1. The molecule has 152 valence electrons. The molecule has 0 fully saturated rings. The van der Waals surface area contributed by atoms with Gasteiger partial charge in [0.15, 0.2) is 5.96 Å². The Bertz CT molecular complexity index is 733. The van der Waals surface area contributed by atoms with Crippen LogP contribution < -0.4 is 16.0 Å². The smallest absolute Gasteiger partial charge is 0.222 e. The molecule has 0 atom stereocenters. The third-order valence-corrected chi connectivity index (χ3v) is 4.45. The molecule has 0 aromatic heterocycles. The fourth-order valence-corrected chi connectivity index (χ4v) is 2.70. The van der Waals surface area contributed by atoms with Crippen molar-refractivity contribution in [1.82, 2.24) is 16.0 Å². The first-order valence-electron chi connectivity index (χ1n) is 9.32. The predicted octanol–water partition coefficient (Wildman–Crippen LogP) is 3.45. The summed E-state index contributed by atoms with van der Waals surface area (Å²) in [5.41, 5.74) is 2.35. The van der Waals surface area contributed by atoms with Gasteiger partial charge in [0.05, 0.1) is 0 Å². The van der Waals surface area contributed by atoms with Crippen molar-refractivity contribution in [2.45, 2.75) is 32.2 Å². The molecule has 3 N–H and O–H groups in total. The zero-order chi connectivity index (χ0) is 19.5. The Balaban J connectivity index is 0.00000392. The maximum absolute atomic E-state index is 12.0. The van der Waals surface area contributed by atoms with E-state index in [1.807, 2.05) is 36.4 Å². The minimum absolute atomic E-state index is 0. The number of carbonyl (C=O) groups is 1. The number of halogens is 1. The number of nitrogens with one attached hydrogen (secondary N) is 3. The zero-order valence-electron chi connectivity index (χ0n) is 16.9. The Morgan fingerprint density at radius 1 is 0.929 bits per heavy atom. The Hall–Kier alpha value is -2.09. The quantitative estimate of drug-likeness (QED) is 0.299. The molecule has 1 amide bonds. The average Bonchev–Trinajstić information content (AvgIpc) is 2.70. The van der Waals surface area contributed by atoms with Crippen LogP contribution in [0.3, 0.4) is 0 Å². The van der Waals surface area contributed by atoms with E-state index >= 15 is 0 Å². The van der Waals surface area contributed by atoms with Crippen LogP contribution in [0, 0.1) is 0 Å². The number of nitrogens with zero attached hydrogens (tertiary/aromatic N) is 1. The van der Waals surface area contributed by atoms with Crippen LogP contribution >= 0.6 is 24.0 Å². The summed E-state index contributed by atoms with van der Waals surface area (Å²) in [6.45, 7) is 6.22. The second-order valence-electron chi connectivity index (χ2n) is 7.11. The molecule has 0 heterocycles. The number of hydrogen-bond acceptors (Lipinski definition) is 2. The Morgan fingerprint density at radius 2 is 1.54 bits per heavy atom. The van der Waals surface area contributed by atoms with E-state index in [9.17, 15) is 4.79 Å². The van der Waals surface area contributed by atoms with E-state index in [0.717, 1.165) is 12.1 Å². The van der Waals surface area contributed by atoms with E-state index in [-0.39, 0.29) is 35.3 Å². The molecule has 0 radical (unpaired) electrons. The van der Waals surface area contributed by atoms with Crippen LogP contribution in [0.15, 0.2) is 65.7 Å². The Kier molecular flexibility index (Phi) is 10.6. The first-order chi connectivity index (χ1) is 13.0. The topological polar surface area (TPSA) is 65.5 Å². The van der Waals surface area contributed by atoms with Gasteiger partial charge < -0.3 is 16.0 Å². The summed E-state index contributed by atoms with van der Waals surface area (Å²) >= 11 is 0. The van der Waals surface area contributed by atoms with Crippen LogP contribution in [0.4, 0.5) is 0 Å². The molecule has 0 saturated carbocycles. The first-order valence-corrected chi connectivity index (χ1v) is 9.32. The molecule has 6 heteroatoms. The fraction of sp³-hybridized carbons (Fsp3) is 0.364. The largest absolute Gasteiger partial charge is 0.356 e. The van der Waals surface area contributed by atoms with Gasteiger partial charge in [-0.05, 0) is 11.1 Å². The van der Waals surface area contributed by atoms with Crippen molar-refractivity contribution in [3.8, 4) is 0 Å². The van der Waals surface area contributed by atoms with Crippen LogP contribution in [0.25, 0.3) is 0 Å². The fourth-order valence-electron chi connectivity index (χ4n) is 2.70. The second-order valence-corrected chi connectivity index (χ2v) is 7.11. The maximum Gasteiger partial charge on any atom is 0.222 e. The number of rotatable bonds is 8. The van der Waals surface area contributed by atoms with E-state index in [1.54, 1.807) is 7.05 Å². The summed E-state index contributed by atoms with van der Waals surface area (Å²) in [6, 6.07) is 20.3. The van der Waals surface area contributed by atoms with E-state index in [2.05, 4.69) is 59.1 Å². The molecule has 0 unspecified atom stereocenters. The van der Waals surface area contributed by atoms with Gasteiger partial charge in [0.25, 0.3) is 0 Å². The molecular weight excluding hydrogens is 463 g/mol. The third kappa shape index (κ3) is 8.29. The van der Waals surface area contributed by atoms with Crippen molar-refractivity contribution in [2.24, 2.45) is 4.99 Å². The minimum Gasteiger partial charge on any atom is -0.356 e. The SMILES string of the molecule is CN=C(NCCC(=O)NCc1ccccc1)NCC(C)(C)c1ccccc1.I. The highest BCUT2D eigenvalue weighted by Gasteiger charge is 2.20. The lowest BCUT2D eigenvalue weighted by atomic mass is 9.85. The molecule has 28 heavy (non-hydrogen) atoms. The van der Waals surface area contributed by atoms with Gasteiger partial charge in [-0.15, -0.1) is 24.0 Å². The van der Waals surface area contributed by atoms with Gasteiger partial charge in [-0.2, -0.15) is 0 Å². The molecular formula is C22H31IN4O. The van der Waals surface area contributed by atoms with Gasteiger partial charge in [0, 0.05) is 38.5 Å². The van der Waals surface area contributed by atoms with Crippen molar-refractivity contribution in [3.63, 3.8) is 0 Å². The van der Waals surface area contributed by atoms with Crippen LogP contribution in [0.5, 0.6) is 0 Å². The maximum atomic E-state index is 12.0. The van der Waals surface area contributed by atoms with Gasteiger partial charge in [0.1, 0.15) is 0 Å². The summed E-state index contributed by atoms with van der Waals surface area (Å²) in [5, 5.41) is 9.48. The molecule has 0 aliphatic carbocycles. The van der Waals surface area contributed by atoms with Gasteiger partial charge in [-0.1, -0.05) is 74.5 Å². The highest BCUT2D eigenvalue weighted by Crippen LogP contribution is 2.21. The third-order valence-electron chi connectivity index (χ3n) is 4.45. The first kappa shape index (κ1) is 23.9. The molecule has 5 nitrogen and oxygen atoms in total. The molecule has 0 aliphatic heterocycles. The molecule has 2 rings (SSSR count). The van der Waals surface area contributed by atoms with Gasteiger partial charge in [0.2, 0.25) is 5.91 Å². The van der Waals surface area contributed by atoms with Crippen molar-refractivity contribution in [1.29, 1.82) is 0 Å². The molecule has 0 saturated heterocycles. The van der Waals surface area contributed by atoms with E-state index in [1.165, 1.54) is 5.56 Å². The Morgan fingerprint density at radius 3 is 2.14 bits per heavy atom. The monoisotopic (exact) mass is 494 g/mol. The highest BCUT2D eigenvalue weighted by molar-refractivity contribution is 14.0. The van der Waals surface area contributed by atoms with Crippen molar-refractivity contribution in [2.75, 3.05) is 20.1 Å². The molecule has 0 bridgehead atoms. The summed E-state index contributed by atoms with van der Waals surface area (Å²) in [5.74, 6) is 0.723. The summed E-state index contributed by atoms with van der Waals surface area (Å²) in [7, 11) is 1.74. The van der Waals surface area contributed by atoms with Gasteiger partial charge in [-0.25, -0.2) is 0 Å². The van der Waals surface area contributed by atoms with Gasteiger partial charge >= 0.3 is 0 Å². The Labute approximate surface area is 185 Å². The van der Waals surface area contributed by atoms with Gasteiger partial charge in [-0.3, -0.25) is 9.79 Å². The van der Waals surface area contributed by atoms with E-state index < -0.39 is 0 Å². The second kappa shape index (κ2) is 12.4. The summed E-state index contributed by atoms with van der Waals surface area (Å²) in [6.07, 6.45) is 0.398. The average molecular weight is 494 g/mol.